The van der Waals surface area contributed by atoms with Crippen LogP contribution in [0.25, 0.3) is 11.1 Å². The van der Waals surface area contributed by atoms with E-state index in [4.69, 9.17) is 5.11 Å². The van der Waals surface area contributed by atoms with E-state index in [1.54, 1.807) is 0 Å². The van der Waals surface area contributed by atoms with Crippen LogP contribution in [0.1, 0.15) is 11.1 Å². The van der Waals surface area contributed by atoms with Crippen LogP contribution in [-0.4, -0.2) is 5.11 Å². The molecule has 2 aromatic rings. The lowest BCUT2D eigenvalue weighted by atomic mass is 9.99. The van der Waals surface area contributed by atoms with Gasteiger partial charge in [-0.05, 0) is 28.8 Å². The Morgan fingerprint density at radius 3 is 2.11 bits per heavy atom. The van der Waals surface area contributed by atoms with Crippen molar-refractivity contribution in [1.29, 1.82) is 0 Å². The van der Waals surface area contributed by atoms with Crippen LogP contribution in [0.2, 0.25) is 0 Å². The second-order valence-electron chi connectivity index (χ2n) is 3.89. The van der Waals surface area contributed by atoms with E-state index in [9.17, 15) is 13.2 Å². The molecule has 94 valence electrons. The fourth-order valence-electron chi connectivity index (χ4n) is 1.81. The molecule has 2 rings (SSSR count). The van der Waals surface area contributed by atoms with Crippen molar-refractivity contribution in [2.24, 2.45) is 0 Å². The molecule has 0 atom stereocenters. The Morgan fingerprint density at radius 2 is 1.56 bits per heavy atom. The van der Waals surface area contributed by atoms with E-state index in [0.717, 1.165) is 11.6 Å². The maximum atomic E-state index is 12.7. The second-order valence-corrected chi connectivity index (χ2v) is 3.89. The third-order valence-corrected chi connectivity index (χ3v) is 2.69. The Bertz CT molecular complexity index is 532. The number of hydrogen-bond acceptors (Lipinski definition) is 1. The van der Waals surface area contributed by atoms with Gasteiger partial charge in [-0.15, -0.1) is 0 Å². The van der Waals surface area contributed by atoms with Crippen molar-refractivity contribution in [3.05, 3.63) is 59.7 Å². The predicted molar refractivity (Wildman–Crippen MR) is 62.8 cm³/mol. The third kappa shape index (κ3) is 2.54. The first-order valence-electron chi connectivity index (χ1n) is 5.39. The standard InChI is InChI=1S/C14H11F3O/c15-14(16,17)13-7-6-11(8-12(13)9-18)10-4-2-1-3-5-10/h1-8,18H,9H2. The molecule has 0 saturated carbocycles. The average molecular weight is 252 g/mol. The van der Waals surface area contributed by atoms with Crippen LogP contribution in [-0.2, 0) is 12.8 Å². The Kier molecular flexibility index (Phi) is 3.39. The highest BCUT2D eigenvalue weighted by Gasteiger charge is 2.33. The second kappa shape index (κ2) is 4.82. The molecule has 0 spiro atoms. The molecular formula is C14H11F3O. The molecule has 0 aliphatic rings. The number of alkyl halides is 3. The van der Waals surface area contributed by atoms with E-state index in [1.807, 2.05) is 30.3 Å². The van der Waals surface area contributed by atoms with Crippen LogP contribution in [0.15, 0.2) is 48.5 Å². The number of halogens is 3. The minimum atomic E-state index is -4.44. The summed E-state index contributed by atoms with van der Waals surface area (Å²) in [5.74, 6) is 0. The molecule has 0 heterocycles. The van der Waals surface area contributed by atoms with Crippen molar-refractivity contribution < 1.29 is 18.3 Å². The highest BCUT2D eigenvalue weighted by atomic mass is 19.4. The fraction of sp³-hybridized carbons (Fsp3) is 0.143. The van der Waals surface area contributed by atoms with Gasteiger partial charge in [-0.3, -0.25) is 0 Å². The van der Waals surface area contributed by atoms with Crippen LogP contribution in [0.4, 0.5) is 13.2 Å². The van der Waals surface area contributed by atoms with E-state index in [0.29, 0.717) is 5.56 Å². The van der Waals surface area contributed by atoms with Gasteiger partial charge in [-0.1, -0.05) is 36.4 Å². The number of aliphatic hydroxyl groups excluding tert-OH is 1. The fourth-order valence-corrected chi connectivity index (χ4v) is 1.81. The van der Waals surface area contributed by atoms with Gasteiger partial charge >= 0.3 is 6.18 Å². The van der Waals surface area contributed by atoms with Crippen LogP contribution >= 0.6 is 0 Å². The van der Waals surface area contributed by atoms with Gasteiger partial charge < -0.3 is 5.11 Å². The van der Waals surface area contributed by atoms with Crippen molar-refractivity contribution in [3.63, 3.8) is 0 Å². The molecule has 0 radical (unpaired) electrons. The summed E-state index contributed by atoms with van der Waals surface area (Å²) in [5, 5.41) is 9.05. The van der Waals surface area contributed by atoms with Gasteiger partial charge in [0.15, 0.2) is 0 Å². The van der Waals surface area contributed by atoms with Gasteiger partial charge in [0.2, 0.25) is 0 Å². The lowest BCUT2D eigenvalue weighted by Gasteiger charge is -2.13. The highest BCUT2D eigenvalue weighted by Crippen LogP contribution is 2.34. The Morgan fingerprint density at radius 1 is 0.889 bits per heavy atom. The van der Waals surface area contributed by atoms with Crippen molar-refractivity contribution >= 4 is 0 Å². The van der Waals surface area contributed by atoms with E-state index in [1.165, 1.54) is 12.1 Å². The molecule has 1 nitrogen and oxygen atoms in total. The molecule has 0 unspecified atom stereocenters. The minimum absolute atomic E-state index is 0.108. The summed E-state index contributed by atoms with van der Waals surface area (Å²) in [7, 11) is 0. The zero-order valence-electron chi connectivity index (χ0n) is 9.41. The maximum Gasteiger partial charge on any atom is 0.416 e. The summed E-state index contributed by atoms with van der Waals surface area (Å²) in [6.45, 7) is -0.629. The molecule has 1 N–H and O–H groups in total. The number of benzene rings is 2. The molecule has 0 saturated heterocycles. The molecule has 4 heteroatoms. The summed E-state index contributed by atoms with van der Waals surface area (Å²) in [4.78, 5) is 0. The maximum absolute atomic E-state index is 12.7. The predicted octanol–water partition coefficient (Wildman–Crippen LogP) is 3.86. The van der Waals surface area contributed by atoms with Gasteiger partial charge in [0.25, 0.3) is 0 Å². The zero-order valence-corrected chi connectivity index (χ0v) is 9.41. The normalized spacial score (nSPS) is 11.6. The van der Waals surface area contributed by atoms with Gasteiger partial charge in [0, 0.05) is 0 Å². The SMILES string of the molecule is OCc1cc(-c2ccccc2)ccc1C(F)(F)F. The summed E-state index contributed by atoms with van der Waals surface area (Å²) in [6, 6.07) is 12.9. The molecule has 18 heavy (non-hydrogen) atoms. The summed E-state index contributed by atoms with van der Waals surface area (Å²) in [6.07, 6.45) is -4.44. The average Bonchev–Trinajstić information content (AvgIpc) is 2.38. The van der Waals surface area contributed by atoms with E-state index < -0.39 is 18.3 Å². The minimum Gasteiger partial charge on any atom is -0.392 e. The molecule has 0 amide bonds. The smallest absolute Gasteiger partial charge is 0.392 e. The zero-order chi connectivity index (χ0) is 13.2. The van der Waals surface area contributed by atoms with Gasteiger partial charge in [0.05, 0.1) is 12.2 Å². The lowest BCUT2D eigenvalue weighted by Crippen LogP contribution is -2.09. The van der Waals surface area contributed by atoms with Gasteiger partial charge in [0.1, 0.15) is 0 Å². The first-order chi connectivity index (χ1) is 8.52. The van der Waals surface area contributed by atoms with Crippen molar-refractivity contribution in [2.45, 2.75) is 12.8 Å². The Labute approximate surface area is 103 Å². The molecule has 0 fully saturated rings. The first kappa shape index (κ1) is 12.6. The molecule has 2 aromatic carbocycles. The van der Waals surface area contributed by atoms with E-state index in [2.05, 4.69) is 0 Å². The first-order valence-corrected chi connectivity index (χ1v) is 5.39. The topological polar surface area (TPSA) is 20.2 Å². The quantitative estimate of drug-likeness (QED) is 0.860. The van der Waals surface area contributed by atoms with Crippen molar-refractivity contribution in [3.8, 4) is 11.1 Å². The summed E-state index contributed by atoms with van der Waals surface area (Å²) in [5.41, 5.74) is 0.585. The number of hydrogen-bond donors (Lipinski definition) is 1. The highest BCUT2D eigenvalue weighted by molar-refractivity contribution is 5.64. The van der Waals surface area contributed by atoms with Crippen LogP contribution in [0.3, 0.4) is 0 Å². The molecule has 0 aliphatic heterocycles. The van der Waals surface area contributed by atoms with E-state index in [-0.39, 0.29) is 5.56 Å². The van der Waals surface area contributed by atoms with Crippen LogP contribution in [0, 0.1) is 0 Å². The Balaban J connectivity index is 2.49. The molecular weight excluding hydrogens is 241 g/mol. The van der Waals surface area contributed by atoms with Crippen molar-refractivity contribution in [1.82, 2.24) is 0 Å². The molecule has 0 aliphatic carbocycles. The number of rotatable bonds is 2. The molecule has 0 bridgehead atoms. The van der Waals surface area contributed by atoms with Crippen LogP contribution < -0.4 is 0 Å². The third-order valence-electron chi connectivity index (χ3n) is 2.69. The Hall–Kier alpha value is -1.81. The van der Waals surface area contributed by atoms with Crippen LogP contribution in [0.5, 0.6) is 0 Å². The van der Waals surface area contributed by atoms with Gasteiger partial charge in [-0.25, -0.2) is 0 Å². The lowest BCUT2D eigenvalue weighted by molar-refractivity contribution is -0.138. The summed E-state index contributed by atoms with van der Waals surface area (Å²) < 4.78 is 38.0. The monoisotopic (exact) mass is 252 g/mol. The largest absolute Gasteiger partial charge is 0.416 e. The van der Waals surface area contributed by atoms with Gasteiger partial charge in [-0.2, -0.15) is 13.2 Å². The summed E-state index contributed by atoms with van der Waals surface area (Å²) >= 11 is 0. The number of aliphatic hydroxyl groups is 1. The van der Waals surface area contributed by atoms with Crippen molar-refractivity contribution in [2.75, 3.05) is 0 Å². The molecule has 0 aromatic heterocycles. The van der Waals surface area contributed by atoms with E-state index >= 15 is 0 Å².